The van der Waals surface area contributed by atoms with Crippen molar-refractivity contribution in [3.05, 3.63) is 0 Å². The molecule has 94 valence electrons. The molecule has 0 aliphatic carbocycles. The zero-order valence-electron chi connectivity index (χ0n) is 10.1. The lowest BCUT2D eigenvalue weighted by molar-refractivity contribution is -0.143. The first-order chi connectivity index (χ1) is 7.57. The molecule has 1 atom stereocenters. The van der Waals surface area contributed by atoms with Crippen LogP contribution in [0.1, 0.15) is 39.5 Å². The van der Waals surface area contributed by atoms with Gasteiger partial charge in [0.2, 0.25) is 5.91 Å². The largest absolute Gasteiger partial charge is 0.466 e. The Labute approximate surface area is 96.7 Å². The Morgan fingerprint density at radius 1 is 1.31 bits per heavy atom. The lowest BCUT2D eigenvalue weighted by Crippen LogP contribution is -2.39. The van der Waals surface area contributed by atoms with Crippen LogP contribution in [0.4, 0.5) is 0 Å². The van der Waals surface area contributed by atoms with Gasteiger partial charge < -0.3 is 15.8 Å². The van der Waals surface area contributed by atoms with Crippen molar-refractivity contribution in [2.45, 2.75) is 45.6 Å². The molecule has 1 amide bonds. The lowest BCUT2D eigenvalue weighted by atomic mass is 10.2. The third-order valence-corrected chi connectivity index (χ3v) is 2.24. The van der Waals surface area contributed by atoms with Gasteiger partial charge in [0, 0.05) is 6.42 Å². The Morgan fingerprint density at radius 2 is 2.00 bits per heavy atom. The fourth-order valence-electron chi connectivity index (χ4n) is 1.22. The molecule has 0 radical (unpaired) electrons. The Kier molecular flexibility index (Phi) is 8.52. The highest BCUT2D eigenvalue weighted by atomic mass is 16.5. The van der Waals surface area contributed by atoms with Gasteiger partial charge in [0.25, 0.3) is 0 Å². The smallest absolute Gasteiger partial charge is 0.305 e. The fraction of sp³-hybridized carbons (Fsp3) is 0.818. The SMILES string of the molecule is CCOC(=O)CCCCCNC(C)C(N)=O. The number of hydrogen-bond donors (Lipinski definition) is 2. The van der Waals surface area contributed by atoms with Gasteiger partial charge in [-0.05, 0) is 33.2 Å². The monoisotopic (exact) mass is 230 g/mol. The van der Waals surface area contributed by atoms with Gasteiger partial charge in [-0.25, -0.2) is 0 Å². The van der Waals surface area contributed by atoms with E-state index in [1.165, 1.54) is 0 Å². The second kappa shape index (κ2) is 9.15. The molecule has 0 aromatic heterocycles. The Morgan fingerprint density at radius 3 is 2.56 bits per heavy atom. The molecule has 0 aliphatic rings. The highest BCUT2D eigenvalue weighted by molar-refractivity contribution is 5.79. The van der Waals surface area contributed by atoms with Crippen LogP contribution in [0, 0.1) is 0 Å². The molecular formula is C11H22N2O3. The van der Waals surface area contributed by atoms with Gasteiger partial charge in [0.05, 0.1) is 12.6 Å². The first kappa shape index (κ1) is 14.9. The molecule has 0 rings (SSSR count). The van der Waals surface area contributed by atoms with Crippen molar-refractivity contribution in [1.29, 1.82) is 0 Å². The van der Waals surface area contributed by atoms with Gasteiger partial charge in [0.1, 0.15) is 0 Å². The van der Waals surface area contributed by atoms with E-state index < -0.39 is 0 Å². The Hall–Kier alpha value is -1.10. The minimum atomic E-state index is -0.341. The molecule has 0 aromatic carbocycles. The van der Waals surface area contributed by atoms with Crippen molar-refractivity contribution in [2.24, 2.45) is 5.73 Å². The van der Waals surface area contributed by atoms with Gasteiger partial charge in [-0.1, -0.05) is 6.42 Å². The number of esters is 1. The molecule has 3 N–H and O–H groups in total. The summed E-state index contributed by atoms with van der Waals surface area (Å²) in [4.78, 5) is 21.7. The molecule has 5 nitrogen and oxygen atoms in total. The Bertz CT molecular complexity index is 219. The summed E-state index contributed by atoms with van der Waals surface area (Å²) in [5.41, 5.74) is 5.09. The van der Waals surface area contributed by atoms with Crippen LogP contribution in [-0.2, 0) is 14.3 Å². The van der Waals surface area contributed by atoms with E-state index in [9.17, 15) is 9.59 Å². The highest BCUT2D eigenvalue weighted by Crippen LogP contribution is 2.00. The molecule has 16 heavy (non-hydrogen) atoms. The van der Waals surface area contributed by atoms with Gasteiger partial charge in [-0.3, -0.25) is 9.59 Å². The maximum atomic E-state index is 11.0. The van der Waals surface area contributed by atoms with E-state index >= 15 is 0 Å². The summed E-state index contributed by atoms with van der Waals surface area (Å²) >= 11 is 0. The van der Waals surface area contributed by atoms with Crippen LogP contribution in [-0.4, -0.2) is 31.1 Å². The first-order valence-electron chi connectivity index (χ1n) is 5.76. The number of nitrogens with one attached hydrogen (secondary N) is 1. The topological polar surface area (TPSA) is 81.4 Å². The summed E-state index contributed by atoms with van der Waals surface area (Å²) in [5.74, 6) is -0.479. The van der Waals surface area contributed by atoms with E-state index in [1.54, 1.807) is 13.8 Å². The standard InChI is InChI=1S/C11H22N2O3/c1-3-16-10(14)7-5-4-6-8-13-9(2)11(12)15/h9,13H,3-8H2,1-2H3,(H2,12,15). The second-order valence-electron chi connectivity index (χ2n) is 3.69. The molecule has 0 heterocycles. The van der Waals surface area contributed by atoms with E-state index in [0.717, 1.165) is 25.8 Å². The third-order valence-electron chi connectivity index (χ3n) is 2.24. The quantitative estimate of drug-likeness (QED) is 0.448. The predicted molar refractivity (Wildman–Crippen MR) is 61.8 cm³/mol. The molecule has 0 fully saturated rings. The number of hydrogen-bond acceptors (Lipinski definition) is 4. The van der Waals surface area contributed by atoms with Crippen LogP contribution in [0.25, 0.3) is 0 Å². The lowest BCUT2D eigenvalue weighted by Gasteiger charge is -2.09. The highest BCUT2D eigenvalue weighted by Gasteiger charge is 2.06. The summed E-state index contributed by atoms with van der Waals surface area (Å²) in [5, 5.41) is 3.00. The zero-order valence-corrected chi connectivity index (χ0v) is 10.1. The van der Waals surface area contributed by atoms with Crippen LogP contribution in [0.15, 0.2) is 0 Å². The molecule has 0 aromatic rings. The van der Waals surface area contributed by atoms with E-state index in [0.29, 0.717) is 13.0 Å². The molecule has 1 unspecified atom stereocenters. The van der Waals surface area contributed by atoms with Crippen molar-refractivity contribution in [1.82, 2.24) is 5.32 Å². The van der Waals surface area contributed by atoms with Crippen LogP contribution >= 0.6 is 0 Å². The second-order valence-corrected chi connectivity index (χ2v) is 3.69. The summed E-state index contributed by atoms with van der Waals surface area (Å²) in [6.07, 6.45) is 3.17. The van der Waals surface area contributed by atoms with Crippen LogP contribution in [0.3, 0.4) is 0 Å². The summed E-state index contributed by atoms with van der Waals surface area (Å²) < 4.78 is 4.80. The number of carbonyl (C=O) groups excluding carboxylic acids is 2. The van der Waals surface area contributed by atoms with E-state index in [4.69, 9.17) is 10.5 Å². The van der Waals surface area contributed by atoms with Crippen molar-refractivity contribution in [3.8, 4) is 0 Å². The van der Waals surface area contributed by atoms with Gasteiger partial charge in [0.15, 0.2) is 0 Å². The number of carbonyl (C=O) groups is 2. The number of rotatable bonds is 9. The zero-order chi connectivity index (χ0) is 12.4. The van der Waals surface area contributed by atoms with Gasteiger partial charge in [-0.2, -0.15) is 0 Å². The molecule has 0 spiro atoms. The average Bonchev–Trinajstić information content (AvgIpc) is 2.23. The van der Waals surface area contributed by atoms with Crippen LogP contribution in [0.2, 0.25) is 0 Å². The molecule has 0 saturated carbocycles. The number of unbranched alkanes of at least 4 members (excludes halogenated alkanes) is 2. The van der Waals surface area contributed by atoms with Gasteiger partial charge in [-0.15, -0.1) is 0 Å². The van der Waals surface area contributed by atoms with Crippen LogP contribution < -0.4 is 11.1 Å². The first-order valence-corrected chi connectivity index (χ1v) is 5.76. The molecule has 0 saturated heterocycles. The van der Waals surface area contributed by atoms with Crippen molar-refractivity contribution >= 4 is 11.9 Å². The summed E-state index contributed by atoms with van der Waals surface area (Å²) in [6, 6.07) is -0.287. The minimum Gasteiger partial charge on any atom is -0.466 e. The summed E-state index contributed by atoms with van der Waals surface area (Å²) in [7, 11) is 0. The number of nitrogens with two attached hydrogens (primary N) is 1. The minimum absolute atomic E-state index is 0.138. The molecule has 0 aliphatic heterocycles. The van der Waals surface area contributed by atoms with Gasteiger partial charge >= 0.3 is 5.97 Å². The van der Waals surface area contributed by atoms with Crippen molar-refractivity contribution < 1.29 is 14.3 Å². The predicted octanol–water partition coefficient (Wildman–Crippen LogP) is 0.573. The maximum Gasteiger partial charge on any atom is 0.305 e. The molecule has 5 heteroatoms. The van der Waals surface area contributed by atoms with E-state index in [-0.39, 0.29) is 17.9 Å². The summed E-state index contributed by atoms with van der Waals surface area (Å²) in [6.45, 7) is 4.72. The Balaban J connectivity index is 3.27. The maximum absolute atomic E-state index is 11.0. The van der Waals surface area contributed by atoms with Crippen LogP contribution in [0.5, 0.6) is 0 Å². The molecule has 0 bridgehead atoms. The van der Waals surface area contributed by atoms with Crippen molar-refractivity contribution in [3.63, 3.8) is 0 Å². The fourth-order valence-corrected chi connectivity index (χ4v) is 1.22. The third kappa shape index (κ3) is 8.23. The van der Waals surface area contributed by atoms with Crippen molar-refractivity contribution in [2.75, 3.05) is 13.2 Å². The van der Waals surface area contributed by atoms with E-state index in [2.05, 4.69) is 5.32 Å². The normalized spacial score (nSPS) is 12.1. The average molecular weight is 230 g/mol. The molecular weight excluding hydrogens is 208 g/mol. The van der Waals surface area contributed by atoms with E-state index in [1.807, 2.05) is 0 Å². The number of ether oxygens (including phenoxy) is 1. The number of amides is 1. The number of primary amides is 1.